The summed E-state index contributed by atoms with van der Waals surface area (Å²) in [6.07, 6.45) is 0.470. The van der Waals surface area contributed by atoms with E-state index >= 15 is 0 Å². The number of para-hydroxylation sites is 1. The summed E-state index contributed by atoms with van der Waals surface area (Å²) >= 11 is 0. The Bertz CT molecular complexity index is 922. The molecule has 0 bridgehead atoms. The van der Waals surface area contributed by atoms with E-state index in [4.69, 9.17) is 28.0 Å². The van der Waals surface area contributed by atoms with Gasteiger partial charge >= 0.3 is 25.7 Å². The Morgan fingerprint density at radius 1 is 1.09 bits per heavy atom. The van der Waals surface area contributed by atoms with Gasteiger partial charge in [-0.3, -0.25) is 18.9 Å². The van der Waals surface area contributed by atoms with Crippen LogP contribution in [0.1, 0.15) is 40.0 Å². The maximum atomic E-state index is 13.6. The molecule has 1 saturated heterocycles. The van der Waals surface area contributed by atoms with Gasteiger partial charge in [0.15, 0.2) is 12.2 Å². The Morgan fingerprint density at radius 2 is 1.77 bits per heavy atom. The van der Waals surface area contributed by atoms with E-state index in [0.29, 0.717) is 12.5 Å². The lowest BCUT2D eigenvalue weighted by Crippen LogP contribution is -2.40. The number of hydrogen-bond acceptors (Lipinski definition) is 10. The molecule has 1 heterocycles. The molecule has 1 saturated carbocycles. The molecule has 2 fully saturated rings. The fourth-order valence-corrected chi connectivity index (χ4v) is 5.11. The second-order valence-corrected chi connectivity index (χ2v) is 10.3. The van der Waals surface area contributed by atoms with Crippen LogP contribution in [0.4, 0.5) is 0 Å². The van der Waals surface area contributed by atoms with Crippen molar-refractivity contribution in [1.29, 1.82) is 0 Å². The molecular formula is C23H32NO10P. The first-order chi connectivity index (χ1) is 16.6. The van der Waals surface area contributed by atoms with Crippen LogP contribution in [0.5, 0.6) is 5.75 Å². The third-order valence-electron chi connectivity index (χ3n) is 5.60. The Hall–Kier alpha value is -2.46. The van der Waals surface area contributed by atoms with Crippen molar-refractivity contribution in [3.63, 3.8) is 0 Å². The van der Waals surface area contributed by atoms with Crippen LogP contribution >= 0.6 is 7.75 Å². The van der Waals surface area contributed by atoms with Crippen molar-refractivity contribution in [3.05, 3.63) is 30.3 Å². The van der Waals surface area contributed by atoms with E-state index in [0.717, 1.165) is 19.3 Å². The summed E-state index contributed by atoms with van der Waals surface area (Å²) in [6.45, 7) is 3.88. The van der Waals surface area contributed by atoms with Gasteiger partial charge in [-0.05, 0) is 37.8 Å². The van der Waals surface area contributed by atoms with Crippen molar-refractivity contribution in [2.75, 3.05) is 19.8 Å². The molecule has 11 nitrogen and oxygen atoms in total. The van der Waals surface area contributed by atoms with Crippen molar-refractivity contribution in [1.82, 2.24) is 5.09 Å². The zero-order chi connectivity index (χ0) is 25.4. The van der Waals surface area contributed by atoms with Crippen molar-refractivity contribution in [2.45, 2.75) is 64.4 Å². The minimum Gasteiger partial charge on any atom is -0.464 e. The van der Waals surface area contributed by atoms with Crippen LogP contribution in [0.3, 0.4) is 0 Å². The van der Waals surface area contributed by atoms with Gasteiger partial charge in [-0.25, -0.2) is 4.57 Å². The summed E-state index contributed by atoms with van der Waals surface area (Å²) < 4.78 is 46.2. The summed E-state index contributed by atoms with van der Waals surface area (Å²) in [6, 6.07) is 7.32. The first-order valence-corrected chi connectivity index (χ1v) is 13.1. The number of esters is 3. The quantitative estimate of drug-likeness (QED) is 0.251. The number of carbonyl (C=O) groups is 3. The molecule has 0 aromatic heterocycles. The van der Waals surface area contributed by atoms with Crippen molar-refractivity contribution in [3.8, 4) is 5.75 Å². The van der Waals surface area contributed by atoms with Gasteiger partial charge in [-0.1, -0.05) is 24.6 Å². The predicted octanol–water partition coefficient (Wildman–Crippen LogP) is 2.77. The van der Waals surface area contributed by atoms with Crippen molar-refractivity contribution in [2.24, 2.45) is 5.92 Å². The summed E-state index contributed by atoms with van der Waals surface area (Å²) in [5.74, 6) is -1.14. The van der Waals surface area contributed by atoms with E-state index in [-0.39, 0.29) is 19.0 Å². The first kappa shape index (κ1) is 27.1. The number of hydrogen-bond donors (Lipinski definition) is 1. The summed E-state index contributed by atoms with van der Waals surface area (Å²) in [4.78, 5) is 35.4. The predicted molar refractivity (Wildman–Crippen MR) is 122 cm³/mol. The fourth-order valence-electron chi connectivity index (χ4n) is 3.60. The summed E-state index contributed by atoms with van der Waals surface area (Å²) in [7, 11) is -4.13. The van der Waals surface area contributed by atoms with E-state index < -0.39 is 50.0 Å². The molecule has 1 aliphatic carbocycles. The minimum absolute atomic E-state index is 0.0350. The van der Waals surface area contributed by atoms with Crippen LogP contribution in [0, 0.1) is 5.92 Å². The van der Waals surface area contributed by atoms with Gasteiger partial charge in [0.05, 0.1) is 19.8 Å². The van der Waals surface area contributed by atoms with Crippen LogP contribution < -0.4 is 9.61 Å². The molecule has 1 N–H and O–H groups in total. The summed E-state index contributed by atoms with van der Waals surface area (Å²) in [5.41, 5.74) is 0. The maximum Gasteiger partial charge on any atom is 0.459 e. The smallest absolute Gasteiger partial charge is 0.459 e. The van der Waals surface area contributed by atoms with Gasteiger partial charge < -0.3 is 23.5 Å². The van der Waals surface area contributed by atoms with E-state index in [2.05, 4.69) is 5.09 Å². The number of rotatable bonds is 12. The Balaban J connectivity index is 1.67. The molecule has 3 rings (SSSR count). The molecule has 0 spiro atoms. The van der Waals surface area contributed by atoms with Crippen LogP contribution in [0.2, 0.25) is 0 Å². The number of ether oxygens (including phenoxy) is 4. The Kier molecular flexibility index (Phi) is 9.68. The van der Waals surface area contributed by atoms with Crippen LogP contribution in [-0.2, 0) is 42.4 Å². The molecule has 1 aliphatic heterocycles. The zero-order valence-electron chi connectivity index (χ0n) is 20.0. The lowest BCUT2D eigenvalue weighted by molar-refractivity contribution is -0.163. The third kappa shape index (κ3) is 8.31. The lowest BCUT2D eigenvalue weighted by Gasteiger charge is -2.27. The van der Waals surface area contributed by atoms with Crippen LogP contribution in [0.15, 0.2) is 30.3 Å². The number of nitrogens with one attached hydrogen (secondary N) is 1. The number of carbonyl (C=O) groups excluding carboxylic acids is 3. The molecule has 0 amide bonds. The maximum absolute atomic E-state index is 13.6. The van der Waals surface area contributed by atoms with Gasteiger partial charge in [0.2, 0.25) is 0 Å². The lowest BCUT2D eigenvalue weighted by atomic mass is 9.86. The Morgan fingerprint density at radius 3 is 2.37 bits per heavy atom. The highest BCUT2D eigenvalue weighted by atomic mass is 31.2. The van der Waals surface area contributed by atoms with E-state index in [9.17, 15) is 18.9 Å². The van der Waals surface area contributed by atoms with E-state index in [1.165, 1.54) is 20.8 Å². The van der Waals surface area contributed by atoms with Gasteiger partial charge in [0, 0.05) is 13.8 Å². The van der Waals surface area contributed by atoms with Gasteiger partial charge in [0.1, 0.15) is 17.9 Å². The van der Waals surface area contributed by atoms with E-state index in [1.807, 2.05) is 0 Å². The number of benzene rings is 1. The molecule has 2 aliphatic rings. The highest BCUT2D eigenvalue weighted by Crippen LogP contribution is 2.45. The highest BCUT2D eigenvalue weighted by molar-refractivity contribution is 7.52. The minimum atomic E-state index is -4.13. The second kappa shape index (κ2) is 12.5. The van der Waals surface area contributed by atoms with E-state index in [1.54, 1.807) is 30.3 Å². The van der Waals surface area contributed by atoms with Crippen molar-refractivity contribution >= 4 is 25.7 Å². The molecular weight excluding hydrogens is 481 g/mol. The average Bonchev–Trinajstić information content (AvgIpc) is 3.11. The highest BCUT2D eigenvalue weighted by Gasteiger charge is 2.44. The van der Waals surface area contributed by atoms with Gasteiger partial charge in [-0.15, -0.1) is 0 Å². The molecule has 0 radical (unpaired) electrons. The summed E-state index contributed by atoms with van der Waals surface area (Å²) in [5, 5.41) is 2.61. The molecule has 12 heteroatoms. The third-order valence-corrected chi connectivity index (χ3v) is 7.24. The standard InChI is InChI=1S/C23H32NO10P/c1-15(23(27)30-12-18-8-7-9-18)24-35(28,34-19-10-5-4-6-11-19)31-14-20-22(33-17(3)26)21(13-29-20)32-16(2)25/h4-6,10-11,15,18,20-22H,7-9,12-14H2,1-3H3,(H,24,28)/t15-,20?,21?,22?,35?/m0/s1. The topological polar surface area (TPSA) is 136 Å². The SMILES string of the molecule is CC(=O)OC1COC(COP(=O)(N[C@@H](C)C(=O)OCC2CCC2)Oc2ccccc2)C1OC(C)=O. The Labute approximate surface area is 204 Å². The molecule has 1 aromatic rings. The van der Waals surface area contributed by atoms with Gasteiger partial charge in [0.25, 0.3) is 0 Å². The largest absolute Gasteiger partial charge is 0.464 e. The molecule has 1 aromatic carbocycles. The van der Waals surface area contributed by atoms with Crippen LogP contribution in [-0.4, -0.2) is 62.1 Å². The van der Waals surface area contributed by atoms with Crippen molar-refractivity contribution < 1.29 is 46.9 Å². The molecule has 4 unspecified atom stereocenters. The fraction of sp³-hybridized carbons (Fsp3) is 0.609. The second-order valence-electron chi connectivity index (χ2n) is 8.57. The van der Waals surface area contributed by atoms with Crippen LogP contribution in [0.25, 0.3) is 0 Å². The molecule has 5 atom stereocenters. The van der Waals surface area contributed by atoms with Gasteiger partial charge in [-0.2, -0.15) is 5.09 Å². The normalized spacial score (nSPS) is 24.5. The average molecular weight is 513 g/mol. The monoisotopic (exact) mass is 513 g/mol. The molecule has 35 heavy (non-hydrogen) atoms. The molecule has 194 valence electrons. The zero-order valence-corrected chi connectivity index (χ0v) is 20.9. The first-order valence-electron chi connectivity index (χ1n) is 11.5.